The average Bonchev–Trinajstić information content (AvgIpc) is 2.47. The van der Waals surface area contributed by atoms with Crippen LogP contribution in [0.4, 0.5) is 5.95 Å². The zero-order valence-corrected chi connectivity index (χ0v) is 11.7. The Morgan fingerprint density at radius 1 is 1.65 bits per heavy atom. The summed E-state index contributed by atoms with van der Waals surface area (Å²) >= 11 is 0. The van der Waals surface area contributed by atoms with Gasteiger partial charge in [-0.05, 0) is 13.8 Å². The lowest BCUT2D eigenvalue weighted by Gasteiger charge is -2.34. The second-order valence-corrected chi connectivity index (χ2v) is 4.49. The average molecular weight is 281 g/mol. The van der Waals surface area contributed by atoms with E-state index in [1.807, 2.05) is 4.90 Å². The molecule has 0 amide bonds. The largest absolute Gasteiger partial charge is 0.462 e. The quantitative estimate of drug-likeness (QED) is 0.787. The smallest absolute Gasteiger partial charge is 0.341 e. The normalized spacial score (nSPS) is 18.9. The third-order valence-corrected chi connectivity index (χ3v) is 3.16. The van der Waals surface area contributed by atoms with Crippen LogP contribution in [0.3, 0.4) is 0 Å². The molecule has 1 aromatic rings. The number of esters is 1. The maximum Gasteiger partial charge on any atom is 0.341 e. The fourth-order valence-corrected chi connectivity index (χ4v) is 2.07. The van der Waals surface area contributed by atoms with Crippen LogP contribution < -0.4 is 4.90 Å². The van der Waals surface area contributed by atoms with Gasteiger partial charge in [0.25, 0.3) is 0 Å². The summed E-state index contributed by atoms with van der Waals surface area (Å²) in [7, 11) is 0. The van der Waals surface area contributed by atoms with Crippen molar-refractivity contribution in [2.45, 2.75) is 19.9 Å². The van der Waals surface area contributed by atoms with Gasteiger partial charge in [-0.1, -0.05) is 0 Å². The fraction of sp³-hybridized carbons (Fsp3) is 0.615. The Labute approximate surface area is 117 Å². The van der Waals surface area contributed by atoms with Crippen LogP contribution in [0.25, 0.3) is 0 Å². The number of morpholine rings is 1. The Kier molecular flexibility index (Phi) is 4.86. The Morgan fingerprint density at radius 2 is 2.45 bits per heavy atom. The molecule has 0 spiro atoms. The minimum Gasteiger partial charge on any atom is -0.462 e. The van der Waals surface area contributed by atoms with Crippen LogP contribution in [0.15, 0.2) is 6.20 Å². The Hall–Kier alpha value is -1.73. The number of ether oxygens (including phenoxy) is 2. The lowest BCUT2D eigenvalue weighted by Crippen LogP contribution is -2.48. The number of hydrogen-bond acceptors (Lipinski definition) is 7. The summed E-state index contributed by atoms with van der Waals surface area (Å²) < 4.78 is 10.3. The van der Waals surface area contributed by atoms with E-state index in [9.17, 15) is 9.90 Å². The van der Waals surface area contributed by atoms with Gasteiger partial charge in [-0.2, -0.15) is 0 Å². The van der Waals surface area contributed by atoms with E-state index >= 15 is 0 Å². The van der Waals surface area contributed by atoms with Crippen LogP contribution in [0.5, 0.6) is 0 Å². The number of rotatable bonds is 4. The van der Waals surface area contributed by atoms with Gasteiger partial charge in [-0.3, -0.25) is 0 Å². The SMILES string of the molecule is CCOC(=O)c1cnc(N2CCOCC2CO)nc1C. The predicted octanol–water partition coefficient (Wildman–Crippen LogP) is 0.159. The lowest BCUT2D eigenvalue weighted by molar-refractivity contribution is 0.0524. The topological polar surface area (TPSA) is 84.8 Å². The molecular weight excluding hydrogens is 262 g/mol. The minimum absolute atomic E-state index is 0.0258. The van der Waals surface area contributed by atoms with Crippen molar-refractivity contribution in [2.75, 3.05) is 37.9 Å². The molecule has 0 saturated carbocycles. The molecule has 0 bridgehead atoms. The van der Waals surface area contributed by atoms with Crippen LogP contribution >= 0.6 is 0 Å². The van der Waals surface area contributed by atoms with Crippen LogP contribution in [0, 0.1) is 6.92 Å². The van der Waals surface area contributed by atoms with E-state index in [-0.39, 0.29) is 12.6 Å². The number of aliphatic hydroxyl groups excluding tert-OH is 1. The molecule has 1 aromatic heterocycles. The van der Waals surface area contributed by atoms with Crippen molar-refractivity contribution < 1.29 is 19.4 Å². The standard InChI is InChI=1S/C13H19N3O4/c1-3-20-12(18)11-6-14-13(15-9(11)2)16-4-5-19-8-10(16)7-17/h6,10,17H,3-5,7-8H2,1-2H3. The molecule has 0 aliphatic carbocycles. The summed E-state index contributed by atoms with van der Waals surface area (Å²) in [5.74, 6) is 0.0788. The number of carbonyl (C=O) groups is 1. The molecule has 0 radical (unpaired) electrons. The molecule has 1 saturated heterocycles. The predicted molar refractivity (Wildman–Crippen MR) is 71.8 cm³/mol. The van der Waals surface area contributed by atoms with Crippen molar-refractivity contribution in [1.82, 2.24) is 9.97 Å². The highest BCUT2D eigenvalue weighted by Gasteiger charge is 2.25. The molecular formula is C13H19N3O4. The zero-order chi connectivity index (χ0) is 14.5. The number of hydrogen-bond donors (Lipinski definition) is 1. The number of anilines is 1. The van der Waals surface area contributed by atoms with Gasteiger partial charge in [0.2, 0.25) is 5.95 Å². The van der Waals surface area contributed by atoms with E-state index in [2.05, 4.69) is 9.97 Å². The fourth-order valence-electron chi connectivity index (χ4n) is 2.07. The third kappa shape index (κ3) is 3.05. The van der Waals surface area contributed by atoms with E-state index in [0.29, 0.717) is 43.6 Å². The first-order valence-corrected chi connectivity index (χ1v) is 6.63. The number of aliphatic hydroxyl groups is 1. The molecule has 1 unspecified atom stereocenters. The number of carbonyl (C=O) groups excluding carboxylic acids is 1. The van der Waals surface area contributed by atoms with Crippen LogP contribution in [0.1, 0.15) is 23.0 Å². The molecule has 1 atom stereocenters. The van der Waals surface area contributed by atoms with E-state index in [1.165, 1.54) is 6.20 Å². The summed E-state index contributed by atoms with van der Waals surface area (Å²) in [5.41, 5.74) is 0.932. The first kappa shape index (κ1) is 14.7. The first-order chi connectivity index (χ1) is 9.67. The van der Waals surface area contributed by atoms with Crippen LogP contribution in [-0.2, 0) is 9.47 Å². The summed E-state index contributed by atoms with van der Waals surface area (Å²) in [4.78, 5) is 22.1. The molecule has 7 heteroatoms. The Bertz CT molecular complexity index is 481. The number of aryl methyl sites for hydroxylation is 1. The number of nitrogens with zero attached hydrogens (tertiary/aromatic N) is 3. The second kappa shape index (κ2) is 6.62. The Morgan fingerprint density at radius 3 is 3.10 bits per heavy atom. The lowest BCUT2D eigenvalue weighted by atomic mass is 10.2. The molecule has 2 rings (SSSR count). The molecule has 2 heterocycles. The van der Waals surface area contributed by atoms with Gasteiger partial charge < -0.3 is 19.5 Å². The van der Waals surface area contributed by atoms with Crippen molar-refractivity contribution >= 4 is 11.9 Å². The molecule has 20 heavy (non-hydrogen) atoms. The molecule has 7 nitrogen and oxygen atoms in total. The van der Waals surface area contributed by atoms with Crippen molar-refractivity contribution in [2.24, 2.45) is 0 Å². The summed E-state index contributed by atoms with van der Waals surface area (Å²) in [6, 6.07) is -0.156. The van der Waals surface area contributed by atoms with Gasteiger partial charge in [0.15, 0.2) is 0 Å². The highest BCUT2D eigenvalue weighted by Crippen LogP contribution is 2.17. The molecule has 1 aliphatic rings. The Balaban J connectivity index is 2.21. The zero-order valence-electron chi connectivity index (χ0n) is 11.7. The van der Waals surface area contributed by atoms with E-state index in [4.69, 9.17) is 9.47 Å². The van der Waals surface area contributed by atoms with Crippen molar-refractivity contribution in [3.8, 4) is 0 Å². The van der Waals surface area contributed by atoms with Gasteiger partial charge in [0, 0.05) is 12.7 Å². The van der Waals surface area contributed by atoms with Gasteiger partial charge in [0.05, 0.1) is 43.7 Å². The van der Waals surface area contributed by atoms with Gasteiger partial charge in [-0.25, -0.2) is 14.8 Å². The van der Waals surface area contributed by atoms with Crippen molar-refractivity contribution in [1.29, 1.82) is 0 Å². The van der Waals surface area contributed by atoms with E-state index < -0.39 is 5.97 Å². The van der Waals surface area contributed by atoms with Crippen LogP contribution in [0.2, 0.25) is 0 Å². The van der Waals surface area contributed by atoms with Gasteiger partial charge >= 0.3 is 5.97 Å². The van der Waals surface area contributed by atoms with Gasteiger partial charge in [-0.15, -0.1) is 0 Å². The molecule has 0 aromatic carbocycles. The highest BCUT2D eigenvalue weighted by atomic mass is 16.5. The highest BCUT2D eigenvalue weighted by molar-refractivity contribution is 5.90. The van der Waals surface area contributed by atoms with Crippen molar-refractivity contribution in [3.05, 3.63) is 17.5 Å². The van der Waals surface area contributed by atoms with E-state index in [1.54, 1.807) is 13.8 Å². The number of aromatic nitrogens is 2. The van der Waals surface area contributed by atoms with Crippen LogP contribution in [-0.4, -0.2) is 60.1 Å². The molecule has 1 fully saturated rings. The third-order valence-electron chi connectivity index (χ3n) is 3.16. The first-order valence-electron chi connectivity index (χ1n) is 6.63. The summed E-state index contributed by atoms with van der Waals surface area (Å²) in [6.07, 6.45) is 1.47. The maximum atomic E-state index is 11.7. The minimum atomic E-state index is -0.419. The maximum absolute atomic E-state index is 11.7. The van der Waals surface area contributed by atoms with Gasteiger partial charge in [0.1, 0.15) is 0 Å². The van der Waals surface area contributed by atoms with Crippen molar-refractivity contribution in [3.63, 3.8) is 0 Å². The van der Waals surface area contributed by atoms with E-state index in [0.717, 1.165) is 0 Å². The summed E-state index contributed by atoms with van der Waals surface area (Å²) in [6.45, 7) is 5.41. The monoisotopic (exact) mass is 281 g/mol. The second-order valence-electron chi connectivity index (χ2n) is 4.49. The molecule has 1 aliphatic heterocycles. The molecule has 110 valence electrons. The summed E-state index contributed by atoms with van der Waals surface area (Å²) in [5, 5.41) is 9.35. The molecule has 1 N–H and O–H groups in total.